The van der Waals surface area contributed by atoms with E-state index in [1.807, 2.05) is 0 Å². The van der Waals surface area contributed by atoms with Crippen LogP contribution in [0, 0.1) is 0 Å². The molecule has 0 aromatic carbocycles. The first-order valence-corrected chi connectivity index (χ1v) is 5.43. The van der Waals surface area contributed by atoms with Crippen molar-refractivity contribution in [1.82, 2.24) is 10.3 Å². The zero-order valence-electron chi connectivity index (χ0n) is 8.28. The number of hydrogen-bond acceptors (Lipinski definition) is 3. The zero-order valence-corrected chi connectivity index (χ0v) is 10.6. The second kappa shape index (κ2) is 5.57. The van der Waals surface area contributed by atoms with E-state index in [2.05, 4.69) is 10.3 Å². The zero-order chi connectivity index (χ0) is 12.2. The van der Waals surface area contributed by atoms with Crippen LogP contribution in [0.5, 0.6) is 0 Å². The summed E-state index contributed by atoms with van der Waals surface area (Å²) in [6, 6.07) is 3.31. The van der Waals surface area contributed by atoms with E-state index in [1.165, 1.54) is 13.2 Å². The van der Waals surface area contributed by atoms with E-state index in [9.17, 15) is 4.79 Å². The molecule has 1 heterocycles. The monoisotopic (exact) mass is 282 g/mol. The van der Waals surface area contributed by atoms with Crippen molar-refractivity contribution in [1.29, 1.82) is 0 Å². The fourth-order valence-corrected chi connectivity index (χ4v) is 1.53. The van der Waals surface area contributed by atoms with E-state index < -0.39 is 16.0 Å². The summed E-state index contributed by atoms with van der Waals surface area (Å²) >= 11 is 17.2. The average Bonchev–Trinajstić information content (AvgIpc) is 2.25. The van der Waals surface area contributed by atoms with Crippen LogP contribution in [0.15, 0.2) is 24.5 Å². The van der Waals surface area contributed by atoms with Crippen molar-refractivity contribution in [2.45, 2.75) is 9.90 Å². The Kier molecular flexibility index (Phi) is 4.65. The van der Waals surface area contributed by atoms with Gasteiger partial charge in [0.2, 0.25) is 3.79 Å². The fraction of sp³-hybridized carbons (Fsp3) is 0.333. The van der Waals surface area contributed by atoms with Gasteiger partial charge in [0.15, 0.2) is 6.10 Å². The van der Waals surface area contributed by atoms with Crippen LogP contribution in [0.3, 0.4) is 0 Å². The largest absolute Gasteiger partial charge is 0.437 e. The predicted octanol–water partition coefficient (Wildman–Crippen LogP) is 2.85. The molecule has 1 aromatic rings. The lowest BCUT2D eigenvalue weighted by Gasteiger charge is -2.24. The highest BCUT2D eigenvalue weighted by Crippen LogP contribution is 2.42. The van der Waals surface area contributed by atoms with Crippen molar-refractivity contribution < 1.29 is 9.53 Å². The molecule has 1 atom stereocenters. The summed E-state index contributed by atoms with van der Waals surface area (Å²) in [7, 11) is 1.42. The molecule has 1 N–H and O–H groups in total. The Labute approximate surface area is 108 Å². The Morgan fingerprint density at radius 3 is 2.69 bits per heavy atom. The van der Waals surface area contributed by atoms with Crippen molar-refractivity contribution in [3.05, 3.63) is 30.1 Å². The van der Waals surface area contributed by atoms with Crippen LogP contribution in [0.2, 0.25) is 0 Å². The Morgan fingerprint density at radius 2 is 2.25 bits per heavy atom. The van der Waals surface area contributed by atoms with Gasteiger partial charge in [-0.15, -0.1) is 0 Å². The minimum atomic E-state index is -1.75. The van der Waals surface area contributed by atoms with Crippen LogP contribution >= 0.6 is 34.8 Å². The van der Waals surface area contributed by atoms with Crippen LogP contribution in [0.25, 0.3) is 0 Å². The number of carbonyl (C=O) groups is 1. The molecule has 1 amide bonds. The third-order valence-corrected chi connectivity index (χ3v) is 2.31. The number of alkyl halides is 3. The number of ether oxygens (including phenoxy) is 1. The van der Waals surface area contributed by atoms with Crippen molar-refractivity contribution in [3.63, 3.8) is 0 Å². The first kappa shape index (κ1) is 13.4. The highest BCUT2D eigenvalue weighted by atomic mass is 35.6. The van der Waals surface area contributed by atoms with Crippen LogP contribution < -0.4 is 5.32 Å². The number of alkyl carbamates (subject to hydrolysis) is 1. The normalized spacial score (nSPS) is 13.0. The molecule has 1 unspecified atom stereocenters. The summed E-state index contributed by atoms with van der Waals surface area (Å²) in [5, 5.41) is 2.28. The van der Waals surface area contributed by atoms with E-state index in [4.69, 9.17) is 39.5 Å². The standard InChI is InChI=1S/C9H9Cl3N2O2/c1-13-8(15)16-7(9(10,11)12)6-3-2-4-14-5-6/h2-5,7H,1H3,(H,13,15). The third-order valence-electron chi connectivity index (χ3n) is 1.71. The summed E-state index contributed by atoms with van der Waals surface area (Å²) in [6.45, 7) is 0. The number of rotatable bonds is 2. The van der Waals surface area contributed by atoms with Gasteiger partial charge >= 0.3 is 6.09 Å². The summed E-state index contributed by atoms with van der Waals surface area (Å²) in [6.07, 6.45) is 1.35. The second-order valence-corrected chi connectivity index (χ2v) is 5.23. The van der Waals surface area contributed by atoms with E-state index in [1.54, 1.807) is 18.3 Å². The van der Waals surface area contributed by atoms with E-state index in [0.29, 0.717) is 5.56 Å². The molecule has 0 radical (unpaired) electrons. The molecule has 0 bridgehead atoms. The van der Waals surface area contributed by atoms with Gasteiger partial charge < -0.3 is 10.1 Å². The Hall–Kier alpha value is -0.710. The Balaban J connectivity index is 2.93. The summed E-state index contributed by atoms with van der Waals surface area (Å²) in [5.74, 6) is 0. The van der Waals surface area contributed by atoms with Crippen LogP contribution in [-0.4, -0.2) is 21.9 Å². The number of carbonyl (C=O) groups excluding carboxylic acids is 1. The minimum absolute atomic E-state index is 0.506. The molecule has 88 valence electrons. The topological polar surface area (TPSA) is 51.2 Å². The van der Waals surface area contributed by atoms with E-state index >= 15 is 0 Å². The van der Waals surface area contributed by atoms with E-state index in [-0.39, 0.29) is 0 Å². The minimum Gasteiger partial charge on any atom is -0.437 e. The molecule has 0 aliphatic rings. The van der Waals surface area contributed by atoms with Gasteiger partial charge in [-0.1, -0.05) is 40.9 Å². The average molecular weight is 284 g/mol. The molecule has 0 saturated carbocycles. The third kappa shape index (κ3) is 3.70. The molecule has 4 nitrogen and oxygen atoms in total. The van der Waals surface area contributed by atoms with Crippen LogP contribution in [0.4, 0.5) is 4.79 Å². The molecular weight excluding hydrogens is 274 g/mol. The highest BCUT2D eigenvalue weighted by molar-refractivity contribution is 6.68. The maximum Gasteiger partial charge on any atom is 0.407 e. The molecule has 0 saturated heterocycles. The van der Waals surface area contributed by atoms with Crippen molar-refractivity contribution in [2.75, 3.05) is 7.05 Å². The number of hydrogen-bond donors (Lipinski definition) is 1. The summed E-state index contributed by atoms with van der Waals surface area (Å²) < 4.78 is 3.21. The molecule has 0 spiro atoms. The smallest absolute Gasteiger partial charge is 0.407 e. The van der Waals surface area contributed by atoms with E-state index in [0.717, 1.165) is 0 Å². The predicted molar refractivity (Wildman–Crippen MR) is 62.8 cm³/mol. The summed E-state index contributed by atoms with van der Waals surface area (Å²) in [4.78, 5) is 15.0. The number of pyridine rings is 1. The molecule has 0 aliphatic carbocycles. The first-order valence-electron chi connectivity index (χ1n) is 4.30. The van der Waals surface area contributed by atoms with Gasteiger partial charge in [0, 0.05) is 25.0 Å². The molecule has 16 heavy (non-hydrogen) atoms. The van der Waals surface area contributed by atoms with Crippen molar-refractivity contribution in [2.24, 2.45) is 0 Å². The Morgan fingerprint density at radius 1 is 1.56 bits per heavy atom. The van der Waals surface area contributed by atoms with Gasteiger partial charge in [-0.2, -0.15) is 0 Å². The van der Waals surface area contributed by atoms with Gasteiger partial charge in [-0.25, -0.2) is 4.79 Å². The lowest BCUT2D eigenvalue weighted by Crippen LogP contribution is -2.28. The van der Waals surface area contributed by atoms with Gasteiger partial charge in [0.05, 0.1) is 0 Å². The van der Waals surface area contributed by atoms with Crippen molar-refractivity contribution >= 4 is 40.9 Å². The number of nitrogens with zero attached hydrogens (tertiary/aromatic N) is 1. The second-order valence-electron chi connectivity index (χ2n) is 2.86. The molecule has 0 aliphatic heterocycles. The van der Waals surface area contributed by atoms with Crippen LogP contribution in [-0.2, 0) is 4.74 Å². The lowest BCUT2D eigenvalue weighted by molar-refractivity contribution is 0.101. The molecule has 7 heteroatoms. The fourth-order valence-electron chi connectivity index (χ4n) is 1.02. The molecule has 1 rings (SSSR count). The van der Waals surface area contributed by atoms with Crippen LogP contribution in [0.1, 0.15) is 11.7 Å². The number of aromatic nitrogens is 1. The number of halogens is 3. The maximum absolute atomic E-state index is 11.1. The van der Waals surface area contributed by atoms with Gasteiger partial charge in [0.25, 0.3) is 0 Å². The first-order chi connectivity index (χ1) is 7.45. The summed E-state index contributed by atoms with van der Waals surface area (Å²) in [5.41, 5.74) is 0.506. The maximum atomic E-state index is 11.1. The highest BCUT2D eigenvalue weighted by Gasteiger charge is 2.37. The quantitative estimate of drug-likeness (QED) is 0.849. The Bertz CT molecular complexity index is 354. The molecular formula is C9H9Cl3N2O2. The number of amides is 1. The van der Waals surface area contributed by atoms with Crippen molar-refractivity contribution in [3.8, 4) is 0 Å². The molecule has 0 fully saturated rings. The van der Waals surface area contributed by atoms with Gasteiger partial charge in [0.1, 0.15) is 0 Å². The number of nitrogens with one attached hydrogen (secondary N) is 1. The lowest BCUT2D eigenvalue weighted by atomic mass is 10.2. The SMILES string of the molecule is CNC(=O)OC(c1cccnc1)C(Cl)(Cl)Cl. The molecule has 1 aromatic heterocycles. The van der Waals surface area contributed by atoms with Gasteiger partial charge in [-0.3, -0.25) is 4.98 Å². The van der Waals surface area contributed by atoms with Gasteiger partial charge in [-0.05, 0) is 6.07 Å².